The van der Waals surface area contributed by atoms with Crippen molar-refractivity contribution in [1.29, 1.82) is 0 Å². The highest BCUT2D eigenvalue weighted by Gasteiger charge is 2.05. The van der Waals surface area contributed by atoms with E-state index in [9.17, 15) is 4.79 Å². The van der Waals surface area contributed by atoms with Crippen molar-refractivity contribution in [3.63, 3.8) is 0 Å². The zero-order valence-electron chi connectivity index (χ0n) is 9.86. The molecule has 5 heteroatoms. The number of H-pyrrole nitrogens is 1. The average molecular weight is 249 g/mol. The van der Waals surface area contributed by atoms with Gasteiger partial charge in [0, 0.05) is 12.1 Å². The minimum atomic E-state index is -0.107. The number of nitrogens with zero attached hydrogens (tertiary/aromatic N) is 1. The Bertz CT molecular complexity index is 531. The summed E-state index contributed by atoms with van der Waals surface area (Å²) in [4.78, 5) is 19.7. The van der Waals surface area contributed by atoms with Gasteiger partial charge in [-0.1, -0.05) is 19.9 Å². The van der Waals surface area contributed by atoms with Gasteiger partial charge in [-0.05, 0) is 11.4 Å². The van der Waals surface area contributed by atoms with Crippen LogP contribution in [0.5, 0.6) is 0 Å². The molecular weight excluding hydrogens is 234 g/mol. The first kappa shape index (κ1) is 12.0. The molecule has 0 fully saturated rings. The lowest BCUT2D eigenvalue weighted by atomic mass is 10.3. The normalized spacial score (nSPS) is 11.0. The van der Waals surface area contributed by atoms with Gasteiger partial charge in [-0.3, -0.25) is 4.79 Å². The Morgan fingerprint density at radius 3 is 3.00 bits per heavy atom. The highest BCUT2D eigenvalue weighted by molar-refractivity contribution is 7.13. The van der Waals surface area contributed by atoms with Gasteiger partial charge in [-0.2, -0.15) is 0 Å². The minimum absolute atomic E-state index is 0.107. The summed E-state index contributed by atoms with van der Waals surface area (Å²) < 4.78 is 0. The summed E-state index contributed by atoms with van der Waals surface area (Å²) in [6, 6.07) is 5.82. The zero-order valence-corrected chi connectivity index (χ0v) is 10.7. The van der Waals surface area contributed by atoms with Gasteiger partial charge in [0.25, 0.3) is 5.56 Å². The second-order valence-electron chi connectivity index (χ2n) is 4.09. The van der Waals surface area contributed by atoms with Gasteiger partial charge in [0.05, 0.1) is 17.1 Å². The third-order valence-corrected chi connectivity index (χ3v) is 3.13. The standard InChI is InChI=1S/C12H15N3OS/c1-8(2)13-7-11-14-9(6-12(16)15-11)10-4-3-5-17-10/h3-6,8,13H,7H2,1-2H3,(H,14,15,16). The molecule has 0 unspecified atom stereocenters. The van der Waals surface area contributed by atoms with Crippen LogP contribution in [-0.4, -0.2) is 16.0 Å². The van der Waals surface area contributed by atoms with E-state index in [-0.39, 0.29) is 5.56 Å². The molecular formula is C12H15N3OS. The predicted octanol–water partition coefficient (Wildman–Crippen LogP) is 2.00. The van der Waals surface area contributed by atoms with E-state index in [0.29, 0.717) is 18.4 Å². The highest BCUT2D eigenvalue weighted by Crippen LogP contribution is 2.20. The van der Waals surface area contributed by atoms with E-state index in [0.717, 1.165) is 10.6 Å². The van der Waals surface area contributed by atoms with Crippen molar-refractivity contribution < 1.29 is 0 Å². The topological polar surface area (TPSA) is 57.8 Å². The first-order valence-electron chi connectivity index (χ1n) is 5.52. The van der Waals surface area contributed by atoms with Gasteiger partial charge < -0.3 is 10.3 Å². The van der Waals surface area contributed by atoms with Crippen LogP contribution in [-0.2, 0) is 6.54 Å². The monoisotopic (exact) mass is 249 g/mol. The molecule has 0 saturated carbocycles. The van der Waals surface area contributed by atoms with Crippen LogP contribution < -0.4 is 10.9 Å². The van der Waals surface area contributed by atoms with E-state index in [1.165, 1.54) is 6.07 Å². The van der Waals surface area contributed by atoms with Crippen LogP contribution in [0.3, 0.4) is 0 Å². The molecule has 2 N–H and O–H groups in total. The third kappa shape index (κ3) is 3.25. The van der Waals surface area contributed by atoms with Crippen molar-refractivity contribution in [1.82, 2.24) is 15.3 Å². The fraction of sp³-hybridized carbons (Fsp3) is 0.333. The Kier molecular flexibility index (Phi) is 3.71. The van der Waals surface area contributed by atoms with E-state index in [2.05, 4.69) is 29.1 Å². The smallest absolute Gasteiger partial charge is 0.251 e. The molecule has 0 aliphatic heterocycles. The predicted molar refractivity (Wildman–Crippen MR) is 70.1 cm³/mol. The molecule has 0 aromatic carbocycles. The van der Waals surface area contributed by atoms with Gasteiger partial charge in [-0.15, -0.1) is 11.3 Å². The van der Waals surface area contributed by atoms with Crippen molar-refractivity contribution in [3.8, 4) is 10.6 Å². The molecule has 2 rings (SSSR count). The van der Waals surface area contributed by atoms with E-state index < -0.39 is 0 Å². The maximum absolute atomic E-state index is 11.5. The Labute approximate surface area is 104 Å². The lowest BCUT2D eigenvalue weighted by Gasteiger charge is -2.07. The maximum Gasteiger partial charge on any atom is 0.251 e. The second-order valence-corrected chi connectivity index (χ2v) is 5.04. The summed E-state index contributed by atoms with van der Waals surface area (Å²) in [6.07, 6.45) is 0. The van der Waals surface area contributed by atoms with Crippen LogP contribution in [0.2, 0.25) is 0 Å². The number of hydrogen-bond acceptors (Lipinski definition) is 4. The highest BCUT2D eigenvalue weighted by atomic mass is 32.1. The van der Waals surface area contributed by atoms with Crippen LogP contribution >= 0.6 is 11.3 Å². The van der Waals surface area contributed by atoms with Gasteiger partial charge in [0.2, 0.25) is 0 Å². The zero-order chi connectivity index (χ0) is 12.3. The summed E-state index contributed by atoms with van der Waals surface area (Å²) >= 11 is 1.58. The average Bonchev–Trinajstić information content (AvgIpc) is 2.79. The van der Waals surface area contributed by atoms with Gasteiger partial charge in [-0.25, -0.2) is 4.98 Å². The van der Waals surface area contributed by atoms with Crippen LogP contribution in [0, 0.1) is 0 Å². The lowest BCUT2D eigenvalue weighted by molar-refractivity contribution is 0.571. The van der Waals surface area contributed by atoms with Crippen molar-refractivity contribution in [2.45, 2.75) is 26.4 Å². The Morgan fingerprint density at radius 2 is 2.35 bits per heavy atom. The molecule has 2 aromatic heterocycles. The summed E-state index contributed by atoms with van der Waals surface area (Å²) in [5, 5.41) is 5.21. The molecule has 0 aliphatic rings. The fourth-order valence-corrected chi connectivity index (χ4v) is 2.13. The molecule has 17 heavy (non-hydrogen) atoms. The van der Waals surface area contributed by atoms with Crippen molar-refractivity contribution in [3.05, 3.63) is 39.8 Å². The molecule has 0 radical (unpaired) electrons. The quantitative estimate of drug-likeness (QED) is 0.871. The van der Waals surface area contributed by atoms with E-state index in [1.807, 2.05) is 17.5 Å². The fourth-order valence-electron chi connectivity index (χ4n) is 1.44. The van der Waals surface area contributed by atoms with E-state index in [1.54, 1.807) is 11.3 Å². The number of hydrogen-bond donors (Lipinski definition) is 2. The summed E-state index contributed by atoms with van der Waals surface area (Å²) in [5.74, 6) is 0.676. The Hall–Kier alpha value is -1.46. The van der Waals surface area contributed by atoms with Crippen molar-refractivity contribution >= 4 is 11.3 Å². The lowest BCUT2D eigenvalue weighted by Crippen LogP contribution is -2.25. The van der Waals surface area contributed by atoms with Crippen LogP contribution in [0.4, 0.5) is 0 Å². The molecule has 4 nitrogen and oxygen atoms in total. The molecule has 0 atom stereocenters. The van der Waals surface area contributed by atoms with Crippen molar-refractivity contribution in [2.75, 3.05) is 0 Å². The first-order valence-corrected chi connectivity index (χ1v) is 6.40. The third-order valence-electron chi connectivity index (χ3n) is 2.24. The minimum Gasteiger partial charge on any atom is -0.309 e. The van der Waals surface area contributed by atoms with Crippen LogP contribution in [0.1, 0.15) is 19.7 Å². The number of aromatic amines is 1. The molecule has 0 spiro atoms. The van der Waals surface area contributed by atoms with E-state index in [4.69, 9.17) is 0 Å². The molecule has 0 aliphatic carbocycles. The number of thiophene rings is 1. The molecule has 0 saturated heterocycles. The largest absolute Gasteiger partial charge is 0.309 e. The Morgan fingerprint density at radius 1 is 1.53 bits per heavy atom. The van der Waals surface area contributed by atoms with E-state index >= 15 is 0 Å². The molecule has 2 heterocycles. The summed E-state index contributed by atoms with van der Waals surface area (Å²) in [5.41, 5.74) is 0.633. The second kappa shape index (κ2) is 5.25. The summed E-state index contributed by atoms with van der Waals surface area (Å²) in [6.45, 7) is 4.69. The first-order chi connectivity index (χ1) is 8.15. The summed E-state index contributed by atoms with van der Waals surface area (Å²) in [7, 11) is 0. The van der Waals surface area contributed by atoms with Crippen LogP contribution in [0.25, 0.3) is 10.6 Å². The number of rotatable bonds is 4. The Balaban J connectivity index is 2.27. The molecule has 90 valence electrons. The maximum atomic E-state index is 11.5. The van der Waals surface area contributed by atoms with Crippen LogP contribution in [0.15, 0.2) is 28.4 Å². The van der Waals surface area contributed by atoms with Crippen molar-refractivity contribution in [2.24, 2.45) is 0 Å². The van der Waals surface area contributed by atoms with Gasteiger partial charge in [0.1, 0.15) is 5.82 Å². The van der Waals surface area contributed by atoms with Gasteiger partial charge >= 0.3 is 0 Å². The van der Waals surface area contributed by atoms with Gasteiger partial charge in [0.15, 0.2) is 0 Å². The number of nitrogens with one attached hydrogen (secondary N) is 2. The molecule has 0 amide bonds. The SMILES string of the molecule is CC(C)NCc1nc(-c2cccs2)cc(=O)[nH]1. The molecule has 2 aromatic rings. The molecule has 0 bridgehead atoms. The number of aromatic nitrogens is 2.